The largest absolute Gasteiger partial charge is 0.376 e. The average Bonchev–Trinajstić information content (AvgIpc) is 3.42. The van der Waals surface area contributed by atoms with E-state index in [0.29, 0.717) is 23.1 Å². The number of fused-ring (bicyclic) bond motifs is 1. The van der Waals surface area contributed by atoms with Gasteiger partial charge < -0.3 is 19.6 Å². The van der Waals surface area contributed by atoms with Crippen molar-refractivity contribution in [1.29, 1.82) is 5.26 Å². The lowest BCUT2D eigenvalue weighted by Crippen LogP contribution is -2.22. The molecule has 0 unspecified atom stereocenters. The number of hydrogen-bond acceptors (Lipinski definition) is 5. The molecule has 7 nitrogen and oxygen atoms in total. The van der Waals surface area contributed by atoms with Crippen molar-refractivity contribution in [2.75, 3.05) is 17.7 Å². The third-order valence-corrected chi connectivity index (χ3v) is 6.44. The summed E-state index contributed by atoms with van der Waals surface area (Å²) in [6.45, 7) is 7.33. The Kier molecular flexibility index (Phi) is 5.84. The lowest BCUT2D eigenvalue weighted by atomic mass is 10.2. The molecule has 1 amide bonds. The second-order valence-electron chi connectivity index (χ2n) is 7.69. The number of benzene rings is 1. The molecule has 1 fully saturated rings. The zero-order valence-corrected chi connectivity index (χ0v) is 18.2. The van der Waals surface area contributed by atoms with Gasteiger partial charge in [-0.05, 0) is 56.9 Å². The molecule has 0 aliphatic carbocycles. The maximum atomic E-state index is 12.7. The molecule has 1 aromatic carbocycles. The van der Waals surface area contributed by atoms with E-state index in [1.54, 1.807) is 0 Å². The van der Waals surface area contributed by atoms with Crippen molar-refractivity contribution in [2.45, 2.75) is 51.4 Å². The number of thioether (sulfide) groups is 1. The van der Waals surface area contributed by atoms with Crippen molar-refractivity contribution in [1.82, 2.24) is 14.5 Å². The molecule has 156 valence electrons. The summed E-state index contributed by atoms with van der Waals surface area (Å²) in [5.41, 5.74) is 5.39. The van der Waals surface area contributed by atoms with Gasteiger partial charge in [0.15, 0.2) is 5.16 Å². The molecule has 1 aliphatic rings. The summed E-state index contributed by atoms with van der Waals surface area (Å²) in [7, 11) is 0. The van der Waals surface area contributed by atoms with Gasteiger partial charge in [0.05, 0.1) is 35.0 Å². The topological polar surface area (TPSA) is 95.7 Å². The van der Waals surface area contributed by atoms with Crippen molar-refractivity contribution in [3.63, 3.8) is 0 Å². The van der Waals surface area contributed by atoms with E-state index in [-0.39, 0.29) is 17.8 Å². The summed E-state index contributed by atoms with van der Waals surface area (Å²) in [6, 6.07) is 8.27. The van der Waals surface area contributed by atoms with E-state index < -0.39 is 0 Å². The van der Waals surface area contributed by atoms with Crippen LogP contribution in [0.2, 0.25) is 0 Å². The van der Waals surface area contributed by atoms with Crippen molar-refractivity contribution < 1.29 is 9.53 Å². The van der Waals surface area contributed by atoms with Crippen LogP contribution in [0, 0.1) is 32.1 Å². The number of nitriles is 1. The van der Waals surface area contributed by atoms with Gasteiger partial charge in [-0.3, -0.25) is 4.79 Å². The molecule has 0 spiro atoms. The number of imidazole rings is 1. The first-order valence-corrected chi connectivity index (χ1v) is 11.0. The number of aryl methyl sites for hydroxylation is 1. The molecule has 1 saturated heterocycles. The van der Waals surface area contributed by atoms with Crippen molar-refractivity contribution in [3.8, 4) is 6.07 Å². The highest BCUT2D eigenvalue weighted by Crippen LogP contribution is 2.29. The quantitative estimate of drug-likeness (QED) is 0.583. The number of H-pyrrole nitrogens is 1. The molecule has 1 aliphatic heterocycles. The van der Waals surface area contributed by atoms with Gasteiger partial charge in [0.2, 0.25) is 5.91 Å². The maximum Gasteiger partial charge on any atom is 0.235 e. The Morgan fingerprint density at radius 1 is 1.43 bits per heavy atom. The molecule has 30 heavy (non-hydrogen) atoms. The molecule has 0 saturated carbocycles. The van der Waals surface area contributed by atoms with Gasteiger partial charge in [-0.25, -0.2) is 4.98 Å². The minimum atomic E-state index is -0.167. The van der Waals surface area contributed by atoms with Gasteiger partial charge in [0, 0.05) is 12.3 Å². The maximum absolute atomic E-state index is 12.7. The standard InChI is InChI=1S/C22H25N5O2S/c1-13-6-7-18-19(9-13)25-22(24-18)30-12-20(28)26-21-17(10-23)14(2)15(3)27(21)11-16-5-4-8-29-16/h6-7,9,16H,4-5,8,11-12H2,1-3H3,(H,24,25)(H,26,28)/t16-/m0/s1. The van der Waals surface area contributed by atoms with E-state index in [0.717, 1.165) is 47.3 Å². The van der Waals surface area contributed by atoms with Crippen LogP contribution in [0.5, 0.6) is 0 Å². The van der Waals surface area contributed by atoms with Gasteiger partial charge in [-0.1, -0.05) is 17.8 Å². The molecular weight excluding hydrogens is 398 g/mol. The number of anilines is 1. The first-order chi connectivity index (χ1) is 14.5. The Labute approximate surface area is 179 Å². The van der Waals surface area contributed by atoms with E-state index in [1.165, 1.54) is 11.8 Å². The smallest absolute Gasteiger partial charge is 0.235 e. The first-order valence-electron chi connectivity index (χ1n) is 10.1. The van der Waals surface area contributed by atoms with Crippen LogP contribution >= 0.6 is 11.8 Å². The van der Waals surface area contributed by atoms with E-state index in [4.69, 9.17) is 4.74 Å². The predicted octanol–water partition coefficient (Wildman–Crippen LogP) is 4.07. The highest BCUT2D eigenvalue weighted by atomic mass is 32.2. The van der Waals surface area contributed by atoms with Gasteiger partial charge >= 0.3 is 0 Å². The van der Waals surface area contributed by atoms with Crippen LogP contribution in [0.4, 0.5) is 5.82 Å². The third kappa shape index (κ3) is 4.09. The Morgan fingerprint density at radius 3 is 3.00 bits per heavy atom. The SMILES string of the molecule is Cc1ccc2nc(SCC(=O)Nc3c(C#N)c(C)c(C)n3C[C@@H]3CCCO3)[nH]c2c1. The van der Waals surface area contributed by atoms with Crippen LogP contribution < -0.4 is 5.32 Å². The monoisotopic (exact) mass is 423 g/mol. The minimum Gasteiger partial charge on any atom is -0.376 e. The minimum absolute atomic E-state index is 0.117. The molecule has 8 heteroatoms. The molecule has 4 rings (SSSR count). The average molecular weight is 424 g/mol. The van der Waals surface area contributed by atoms with Gasteiger partial charge in [-0.2, -0.15) is 5.26 Å². The van der Waals surface area contributed by atoms with Crippen LogP contribution in [0.25, 0.3) is 11.0 Å². The highest BCUT2D eigenvalue weighted by molar-refractivity contribution is 7.99. The fourth-order valence-corrected chi connectivity index (χ4v) is 4.51. The zero-order chi connectivity index (χ0) is 21.3. The summed E-state index contributed by atoms with van der Waals surface area (Å²) in [5, 5.41) is 13.3. The fourth-order valence-electron chi connectivity index (χ4n) is 3.82. The summed E-state index contributed by atoms with van der Waals surface area (Å²) in [5.74, 6) is 0.598. The van der Waals surface area contributed by atoms with E-state index in [9.17, 15) is 10.1 Å². The van der Waals surface area contributed by atoms with Crippen LogP contribution in [0.1, 0.15) is 35.2 Å². The number of amides is 1. The molecule has 3 aromatic rings. The number of nitrogens with one attached hydrogen (secondary N) is 2. The van der Waals surface area contributed by atoms with Crippen LogP contribution in [-0.2, 0) is 16.1 Å². The fraction of sp³-hybridized carbons (Fsp3) is 0.409. The van der Waals surface area contributed by atoms with Crippen molar-refractivity contribution in [2.24, 2.45) is 0 Å². The van der Waals surface area contributed by atoms with Crippen LogP contribution in [0.15, 0.2) is 23.4 Å². The van der Waals surface area contributed by atoms with Crippen molar-refractivity contribution >= 4 is 34.5 Å². The zero-order valence-electron chi connectivity index (χ0n) is 17.4. The number of nitrogens with zero attached hydrogens (tertiary/aromatic N) is 3. The second-order valence-corrected chi connectivity index (χ2v) is 8.65. The lowest BCUT2D eigenvalue weighted by molar-refractivity contribution is -0.113. The first kappa shape index (κ1) is 20.5. The number of hydrogen-bond donors (Lipinski definition) is 2. The van der Waals surface area contributed by atoms with Crippen LogP contribution in [0.3, 0.4) is 0 Å². The number of carbonyl (C=O) groups excluding carboxylic acids is 1. The van der Waals surface area contributed by atoms with Gasteiger partial charge in [-0.15, -0.1) is 0 Å². The second kappa shape index (κ2) is 8.54. The van der Waals surface area contributed by atoms with Gasteiger partial charge in [0.25, 0.3) is 0 Å². The van der Waals surface area contributed by atoms with Crippen molar-refractivity contribution in [3.05, 3.63) is 40.6 Å². The summed E-state index contributed by atoms with van der Waals surface area (Å²) >= 11 is 1.35. The summed E-state index contributed by atoms with van der Waals surface area (Å²) < 4.78 is 7.77. The highest BCUT2D eigenvalue weighted by Gasteiger charge is 2.24. The summed E-state index contributed by atoms with van der Waals surface area (Å²) in [6.07, 6.45) is 2.16. The number of aromatic amines is 1. The number of rotatable bonds is 6. The molecule has 3 heterocycles. The van der Waals surface area contributed by atoms with E-state index in [2.05, 4.69) is 21.4 Å². The number of carbonyl (C=O) groups is 1. The number of ether oxygens (including phenoxy) is 1. The lowest BCUT2D eigenvalue weighted by Gasteiger charge is -2.16. The Hall–Kier alpha value is -2.76. The molecule has 1 atom stereocenters. The molecule has 2 aromatic heterocycles. The summed E-state index contributed by atoms with van der Waals surface area (Å²) in [4.78, 5) is 20.5. The molecular formula is C22H25N5O2S. The normalized spacial score (nSPS) is 16.1. The molecule has 0 bridgehead atoms. The molecule has 2 N–H and O–H groups in total. The Morgan fingerprint density at radius 2 is 2.27 bits per heavy atom. The Balaban J connectivity index is 1.48. The Bertz CT molecular complexity index is 1130. The van der Waals surface area contributed by atoms with Gasteiger partial charge in [0.1, 0.15) is 11.9 Å². The van der Waals surface area contributed by atoms with E-state index >= 15 is 0 Å². The number of aromatic nitrogens is 3. The molecule has 0 radical (unpaired) electrons. The van der Waals surface area contributed by atoms with E-state index in [1.807, 2.05) is 43.5 Å². The van der Waals surface area contributed by atoms with Crippen LogP contribution in [-0.4, -0.2) is 38.9 Å². The predicted molar refractivity (Wildman–Crippen MR) is 118 cm³/mol. The third-order valence-electron chi connectivity index (χ3n) is 5.56.